The Kier molecular flexibility index (Phi) is 6.39. The number of hydrogen-bond donors (Lipinski definition) is 1. The zero-order valence-electron chi connectivity index (χ0n) is 10.8. The molecular weight excluding hydrogens is 283 g/mol. The van der Waals surface area contributed by atoms with Gasteiger partial charge in [-0.15, -0.1) is 11.6 Å². The lowest BCUT2D eigenvalue weighted by Crippen LogP contribution is -2.47. The second kappa shape index (κ2) is 7.33. The first-order valence-corrected chi connectivity index (χ1v) is 6.85. The second-order valence-electron chi connectivity index (χ2n) is 4.85. The van der Waals surface area contributed by atoms with Gasteiger partial charge < -0.3 is 10.1 Å². The minimum Gasteiger partial charge on any atom is -0.383 e. The summed E-state index contributed by atoms with van der Waals surface area (Å²) in [6, 6.07) is -0.449. The van der Waals surface area contributed by atoms with Crippen LogP contribution in [0.4, 0.5) is 13.2 Å². The fraction of sp³-hybridized carbons (Fsp3) is 0.917. The van der Waals surface area contributed by atoms with Crippen molar-refractivity contribution in [2.45, 2.75) is 37.9 Å². The standard InChI is InChI=1S/C12H19ClF3NO2/c1-19-7-8(6-13)17-11(18)9-4-2-3-5-10(9)12(14,15)16/h8-10H,2-7H2,1H3,(H,17,18). The zero-order chi connectivity index (χ0) is 14.5. The molecule has 0 heterocycles. The van der Waals surface area contributed by atoms with Gasteiger partial charge in [0.05, 0.1) is 18.6 Å². The molecule has 0 aliphatic heterocycles. The summed E-state index contributed by atoms with van der Waals surface area (Å²) in [7, 11) is 1.45. The number of methoxy groups -OCH3 is 1. The fourth-order valence-corrected chi connectivity index (χ4v) is 2.64. The van der Waals surface area contributed by atoms with Gasteiger partial charge in [-0.25, -0.2) is 0 Å². The van der Waals surface area contributed by atoms with E-state index in [1.54, 1.807) is 0 Å². The minimum absolute atomic E-state index is 0.0252. The van der Waals surface area contributed by atoms with Crippen LogP contribution in [-0.2, 0) is 9.53 Å². The summed E-state index contributed by atoms with van der Waals surface area (Å²) in [5.74, 6) is -3.00. The molecule has 0 aromatic heterocycles. The van der Waals surface area contributed by atoms with Crippen LogP contribution in [0.2, 0.25) is 0 Å². The highest BCUT2D eigenvalue weighted by molar-refractivity contribution is 6.18. The molecule has 1 aliphatic rings. The Bertz CT molecular complexity index is 299. The van der Waals surface area contributed by atoms with Gasteiger partial charge in [-0.05, 0) is 12.8 Å². The van der Waals surface area contributed by atoms with E-state index < -0.39 is 30.0 Å². The van der Waals surface area contributed by atoms with Crippen LogP contribution in [0, 0.1) is 11.8 Å². The number of halogens is 4. The van der Waals surface area contributed by atoms with E-state index in [4.69, 9.17) is 16.3 Å². The maximum Gasteiger partial charge on any atom is 0.392 e. The Morgan fingerprint density at radius 1 is 1.42 bits per heavy atom. The third-order valence-corrected chi connectivity index (χ3v) is 3.80. The van der Waals surface area contributed by atoms with Crippen molar-refractivity contribution in [3.8, 4) is 0 Å². The average molecular weight is 302 g/mol. The number of nitrogens with one attached hydrogen (secondary N) is 1. The first-order valence-electron chi connectivity index (χ1n) is 6.32. The molecule has 1 saturated carbocycles. The monoisotopic (exact) mass is 301 g/mol. The van der Waals surface area contributed by atoms with Crippen molar-refractivity contribution in [2.75, 3.05) is 19.6 Å². The second-order valence-corrected chi connectivity index (χ2v) is 5.16. The average Bonchev–Trinajstić information content (AvgIpc) is 2.37. The number of ether oxygens (including phenoxy) is 1. The van der Waals surface area contributed by atoms with Gasteiger partial charge in [0.1, 0.15) is 0 Å². The minimum atomic E-state index is -4.32. The van der Waals surface area contributed by atoms with E-state index in [-0.39, 0.29) is 25.3 Å². The van der Waals surface area contributed by atoms with Crippen molar-refractivity contribution < 1.29 is 22.7 Å². The number of hydrogen-bond acceptors (Lipinski definition) is 2. The van der Waals surface area contributed by atoms with Gasteiger partial charge in [-0.2, -0.15) is 13.2 Å². The Morgan fingerprint density at radius 2 is 2.05 bits per heavy atom. The van der Waals surface area contributed by atoms with Gasteiger partial charge in [0.25, 0.3) is 0 Å². The number of carbonyl (C=O) groups is 1. The van der Waals surface area contributed by atoms with Crippen molar-refractivity contribution in [3.63, 3.8) is 0 Å². The lowest BCUT2D eigenvalue weighted by molar-refractivity contribution is -0.198. The lowest BCUT2D eigenvalue weighted by Gasteiger charge is -2.32. The summed E-state index contributed by atoms with van der Waals surface area (Å²) in [5.41, 5.74) is 0. The molecule has 0 radical (unpaired) electrons. The number of rotatable bonds is 5. The summed E-state index contributed by atoms with van der Waals surface area (Å²) in [5, 5.41) is 2.54. The van der Waals surface area contributed by atoms with Crippen LogP contribution >= 0.6 is 11.6 Å². The van der Waals surface area contributed by atoms with Gasteiger partial charge in [0.15, 0.2) is 0 Å². The first-order chi connectivity index (χ1) is 8.90. The summed E-state index contributed by atoms with van der Waals surface area (Å²) >= 11 is 5.64. The molecule has 1 rings (SSSR count). The molecule has 1 amide bonds. The van der Waals surface area contributed by atoms with E-state index in [2.05, 4.69) is 5.32 Å². The highest BCUT2D eigenvalue weighted by Crippen LogP contribution is 2.41. The molecule has 0 aromatic rings. The quantitative estimate of drug-likeness (QED) is 0.793. The molecule has 0 aromatic carbocycles. The van der Waals surface area contributed by atoms with Crippen LogP contribution < -0.4 is 5.32 Å². The van der Waals surface area contributed by atoms with E-state index in [0.29, 0.717) is 12.8 Å². The van der Waals surface area contributed by atoms with Crippen LogP contribution in [0.3, 0.4) is 0 Å². The van der Waals surface area contributed by atoms with Crippen LogP contribution in [0.25, 0.3) is 0 Å². The van der Waals surface area contributed by atoms with Crippen LogP contribution in [0.15, 0.2) is 0 Å². The first kappa shape index (κ1) is 16.6. The lowest BCUT2D eigenvalue weighted by atomic mass is 9.78. The number of amides is 1. The predicted octanol–water partition coefficient (Wildman–Crippen LogP) is 2.73. The van der Waals surface area contributed by atoms with Crippen molar-refractivity contribution in [3.05, 3.63) is 0 Å². The molecular formula is C12H19ClF3NO2. The Balaban J connectivity index is 2.66. The van der Waals surface area contributed by atoms with Crippen LogP contribution in [0.1, 0.15) is 25.7 Å². The molecule has 112 valence electrons. The Morgan fingerprint density at radius 3 is 2.58 bits per heavy atom. The molecule has 3 nitrogen and oxygen atoms in total. The summed E-state index contributed by atoms with van der Waals surface area (Å²) in [6.07, 6.45) is -2.85. The van der Waals surface area contributed by atoms with Crippen LogP contribution in [0.5, 0.6) is 0 Å². The van der Waals surface area contributed by atoms with Gasteiger partial charge >= 0.3 is 6.18 Å². The molecule has 0 spiro atoms. The highest BCUT2D eigenvalue weighted by atomic mass is 35.5. The Hall–Kier alpha value is -0.490. The fourth-order valence-electron chi connectivity index (χ4n) is 2.47. The maximum absolute atomic E-state index is 12.9. The predicted molar refractivity (Wildman–Crippen MR) is 66.0 cm³/mol. The van der Waals surface area contributed by atoms with E-state index in [0.717, 1.165) is 0 Å². The summed E-state index contributed by atoms with van der Waals surface area (Å²) < 4.78 is 43.5. The van der Waals surface area contributed by atoms with E-state index >= 15 is 0 Å². The number of carbonyl (C=O) groups excluding carboxylic acids is 1. The van der Waals surface area contributed by atoms with Crippen molar-refractivity contribution in [1.82, 2.24) is 5.32 Å². The van der Waals surface area contributed by atoms with E-state index in [1.165, 1.54) is 7.11 Å². The molecule has 3 unspecified atom stereocenters. The highest BCUT2D eigenvalue weighted by Gasteiger charge is 2.48. The molecule has 1 aliphatic carbocycles. The van der Waals surface area contributed by atoms with Crippen molar-refractivity contribution >= 4 is 17.5 Å². The molecule has 1 fully saturated rings. The normalized spacial score (nSPS) is 25.9. The van der Waals surface area contributed by atoms with Gasteiger partial charge in [-0.3, -0.25) is 4.79 Å². The third kappa shape index (κ3) is 4.84. The molecule has 3 atom stereocenters. The van der Waals surface area contributed by atoms with Crippen LogP contribution in [-0.4, -0.2) is 37.7 Å². The molecule has 19 heavy (non-hydrogen) atoms. The summed E-state index contributed by atoms with van der Waals surface area (Å²) in [4.78, 5) is 12.0. The topological polar surface area (TPSA) is 38.3 Å². The third-order valence-electron chi connectivity index (χ3n) is 3.42. The molecule has 0 bridgehead atoms. The zero-order valence-corrected chi connectivity index (χ0v) is 11.6. The van der Waals surface area contributed by atoms with Gasteiger partial charge in [-0.1, -0.05) is 12.8 Å². The summed E-state index contributed by atoms with van der Waals surface area (Å²) in [6.45, 7) is 0.193. The van der Waals surface area contributed by atoms with Gasteiger partial charge in [0.2, 0.25) is 5.91 Å². The Labute approximate surface area is 115 Å². The maximum atomic E-state index is 12.9. The number of alkyl halides is 4. The molecule has 1 N–H and O–H groups in total. The van der Waals surface area contributed by atoms with E-state index in [1.807, 2.05) is 0 Å². The van der Waals surface area contributed by atoms with Gasteiger partial charge in [0, 0.05) is 18.9 Å². The van der Waals surface area contributed by atoms with Crippen molar-refractivity contribution in [1.29, 1.82) is 0 Å². The van der Waals surface area contributed by atoms with Crippen molar-refractivity contribution in [2.24, 2.45) is 11.8 Å². The molecule has 7 heteroatoms. The largest absolute Gasteiger partial charge is 0.392 e. The van der Waals surface area contributed by atoms with E-state index in [9.17, 15) is 18.0 Å². The molecule has 0 saturated heterocycles. The smallest absolute Gasteiger partial charge is 0.383 e. The SMILES string of the molecule is COCC(CCl)NC(=O)C1CCCCC1C(F)(F)F.